The number of allylic oxidation sites excluding steroid dienone is 1. The van der Waals surface area contributed by atoms with Gasteiger partial charge in [0.1, 0.15) is 0 Å². The lowest BCUT2D eigenvalue weighted by atomic mass is 9.48. The highest BCUT2D eigenvalue weighted by Crippen LogP contribution is 2.59. The van der Waals surface area contributed by atoms with Crippen molar-refractivity contribution in [2.75, 3.05) is 6.61 Å². The lowest BCUT2D eigenvalue weighted by Gasteiger charge is -2.58. The number of fused-ring (bicyclic) bond motifs is 1. The zero-order valence-corrected chi connectivity index (χ0v) is 11.5. The van der Waals surface area contributed by atoms with Crippen LogP contribution in [-0.4, -0.2) is 22.9 Å². The molecule has 0 aliphatic heterocycles. The van der Waals surface area contributed by atoms with E-state index in [-0.39, 0.29) is 29.5 Å². The molecule has 1 unspecified atom stereocenters. The normalized spacial score (nSPS) is 45.1. The molecule has 0 spiro atoms. The molecule has 1 fully saturated rings. The minimum absolute atomic E-state index is 0.0440. The number of aliphatic hydroxyl groups excluding tert-OH is 2. The van der Waals surface area contributed by atoms with Crippen LogP contribution in [0.3, 0.4) is 0 Å². The van der Waals surface area contributed by atoms with E-state index in [0.717, 1.165) is 19.3 Å². The van der Waals surface area contributed by atoms with Gasteiger partial charge in [-0.1, -0.05) is 32.4 Å². The van der Waals surface area contributed by atoms with Crippen molar-refractivity contribution in [2.24, 2.45) is 22.7 Å². The van der Waals surface area contributed by atoms with Crippen molar-refractivity contribution < 1.29 is 10.2 Å². The summed E-state index contributed by atoms with van der Waals surface area (Å²) < 4.78 is 0. The van der Waals surface area contributed by atoms with Crippen LogP contribution in [0.5, 0.6) is 0 Å². The minimum Gasteiger partial charge on any atom is -0.396 e. The zero-order valence-electron chi connectivity index (χ0n) is 11.5. The molecule has 0 bridgehead atoms. The van der Waals surface area contributed by atoms with Gasteiger partial charge in [-0.2, -0.15) is 0 Å². The van der Waals surface area contributed by atoms with Crippen LogP contribution in [0.25, 0.3) is 0 Å². The molecule has 0 radical (unpaired) electrons. The average Bonchev–Trinajstić information content (AvgIpc) is 2.24. The maximum atomic E-state index is 10.2. The Kier molecular flexibility index (Phi) is 3.16. The Balaban J connectivity index is 2.41. The van der Waals surface area contributed by atoms with E-state index in [1.54, 1.807) is 0 Å². The van der Waals surface area contributed by atoms with Gasteiger partial charge < -0.3 is 10.2 Å². The van der Waals surface area contributed by atoms with Gasteiger partial charge in [-0.25, -0.2) is 0 Å². The Hall–Kier alpha value is -0.340. The molecule has 0 aromatic heterocycles. The second-order valence-electron chi connectivity index (χ2n) is 6.85. The summed E-state index contributed by atoms with van der Waals surface area (Å²) in [5, 5.41) is 19.9. The fourth-order valence-corrected chi connectivity index (χ4v) is 4.38. The Morgan fingerprint density at radius 2 is 2.00 bits per heavy atom. The predicted molar refractivity (Wildman–Crippen MR) is 69.6 cm³/mol. The standard InChI is InChI=1S/C15H26O2/c1-10-5-6-12-14(2,3)13(17)7-8-15(12,4)11(10)9-16/h5,11-13,16-17H,6-9H2,1-4H3/t11-,12?,13+,15-/m1/s1. The molecule has 0 saturated heterocycles. The van der Waals surface area contributed by atoms with Crippen molar-refractivity contribution in [1.29, 1.82) is 0 Å². The van der Waals surface area contributed by atoms with E-state index < -0.39 is 0 Å². The molecule has 2 aliphatic rings. The molecule has 2 rings (SSSR count). The largest absolute Gasteiger partial charge is 0.396 e. The fourth-order valence-electron chi connectivity index (χ4n) is 4.38. The van der Waals surface area contributed by atoms with Gasteiger partial charge in [0.2, 0.25) is 0 Å². The first-order valence-electron chi connectivity index (χ1n) is 6.79. The van der Waals surface area contributed by atoms with Crippen molar-refractivity contribution in [3.63, 3.8) is 0 Å². The Morgan fingerprint density at radius 1 is 1.35 bits per heavy atom. The van der Waals surface area contributed by atoms with Gasteiger partial charge in [-0.05, 0) is 42.9 Å². The summed E-state index contributed by atoms with van der Waals surface area (Å²) in [6, 6.07) is 0. The molecule has 4 atom stereocenters. The topological polar surface area (TPSA) is 40.5 Å². The molecule has 2 aliphatic carbocycles. The van der Waals surface area contributed by atoms with Crippen molar-refractivity contribution in [3.05, 3.63) is 11.6 Å². The van der Waals surface area contributed by atoms with Crippen LogP contribution >= 0.6 is 0 Å². The SMILES string of the molecule is CC1=CCC2C(C)(C)[C@@H](O)CC[C@]2(C)[C@@H]1CO. The van der Waals surface area contributed by atoms with Gasteiger partial charge in [-0.15, -0.1) is 0 Å². The van der Waals surface area contributed by atoms with Gasteiger partial charge in [0.05, 0.1) is 12.7 Å². The second-order valence-corrected chi connectivity index (χ2v) is 6.85. The van der Waals surface area contributed by atoms with Gasteiger partial charge in [-0.3, -0.25) is 0 Å². The summed E-state index contributed by atoms with van der Waals surface area (Å²) in [5.74, 6) is 0.743. The Bertz CT molecular complexity index is 332. The number of rotatable bonds is 1. The zero-order chi connectivity index (χ0) is 12.8. The number of hydrogen-bond donors (Lipinski definition) is 2. The summed E-state index contributed by atoms with van der Waals surface area (Å²) in [5.41, 5.74) is 1.44. The first-order valence-corrected chi connectivity index (χ1v) is 6.79. The van der Waals surface area contributed by atoms with Crippen molar-refractivity contribution >= 4 is 0 Å². The molecule has 2 N–H and O–H groups in total. The van der Waals surface area contributed by atoms with Crippen LogP contribution in [0.1, 0.15) is 47.0 Å². The molecule has 2 nitrogen and oxygen atoms in total. The third-order valence-electron chi connectivity index (χ3n) is 5.71. The van der Waals surface area contributed by atoms with Crippen LogP contribution in [-0.2, 0) is 0 Å². The van der Waals surface area contributed by atoms with Crippen LogP contribution in [0.4, 0.5) is 0 Å². The molecule has 0 amide bonds. The van der Waals surface area contributed by atoms with E-state index in [9.17, 15) is 10.2 Å². The first-order chi connectivity index (χ1) is 7.84. The quantitative estimate of drug-likeness (QED) is 0.690. The molecular formula is C15H26O2. The third-order valence-corrected chi connectivity index (χ3v) is 5.71. The van der Waals surface area contributed by atoms with E-state index in [4.69, 9.17) is 0 Å². The molecule has 1 saturated carbocycles. The van der Waals surface area contributed by atoms with E-state index >= 15 is 0 Å². The summed E-state index contributed by atoms with van der Waals surface area (Å²) in [6.07, 6.45) is 5.00. The minimum atomic E-state index is -0.202. The van der Waals surface area contributed by atoms with Crippen LogP contribution in [0, 0.1) is 22.7 Å². The van der Waals surface area contributed by atoms with Crippen molar-refractivity contribution in [3.8, 4) is 0 Å². The van der Waals surface area contributed by atoms with Gasteiger partial charge in [0.15, 0.2) is 0 Å². The van der Waals surface area contributed by atoms with Crippen LogP contribution in [0.2, 0.25) is 0 Å². The average molecular weight is 238 g/mol. The summed E-state index contributed by atoms with van der Waals surface area (Å²) in [7, 11) is 0. The monoisotopic (exact) mass is 238 g/mol. The molecule has 98 valence electrons. The van der Waals surface area contributed by atoms with E-state index in [0.29, 0.717) is 5.92 Å². The number of aliphatic hydroxyl groups is 2. The van der Waals surface area contributed by atoms with Gasteiger partial charge in [0, 0.05) is 5.92 Å². The number of hydrogen-bond acceptors (Lipinski definition) is 2. The maximum Gasteiger partial charge on any atom is 0.0594 e. The smallest absolute Gasteiger partial charge is 0.0594 e. The molecule has 0 heterocycles. The van der Waals surface area contributed by atoms with E-state index in [1.165, 1.54) is 5.57 Å². The Labute approximate surface area is 105 Å². The van der Waals surface area contributed by atoms with Crippen LogP contribution in [0.15, 0.2) is 11.6 Å². The summed E-state index contributed by atoms with van der Waals surface area (Å²) in [6.45, 7) is 9.05. The van der Waals surface area contributed by atoms with E-state index in [2.05, 4.69) is 33.8 Å². The summed E-state index contributed by atoms with van der Waals surface area (Å²) in [4.78, 5) is 0. The van der Waals surface area contributed by atoms with E-state index in [1.807, 2.05) is 0 Å². The van der Waals surface area contributed by atoms with Crippen molar-refractivity contribution in [1.82, 2.24) is 0 Å². The summed E-state index contributed by atoms with van der Waals surface area (Å²) >= 11 is 0. The fraction of sp³-hybridized carbons (Fsp3) is 0.867. The molecule has 0 aromatic carbocycles. The highest BCUT2D eigenvalue weighted by molar-refractivity contribution is 5.19. The highest BCUT2D eigenvalue weighted by atomic mass is 16.3. The lowest BCUT2D eigenvalue weighted by Crippen LogP contribution is -2.54. The molecule has 2 heteroatoms. The molecule has 17 heavy (non-hydrogen) atoms. The molecule has 0 aromatic rings. The van der Waals surface area contributed by atoms with Gasteiger partial charge in [0.25, 0.3) is 0 Å². The molecular weight excluding hydrogens is 212 g/mol. The Morgan fingerprint density at radius 3 is 2.59 bits per heavy atom. The van der Waals surface area contributed by atoms with Crippen LogP contribution < -0.4 is 0 Å². The maximum absolute atomic E-state index is 10.2. The highest BCUT2D eigenvalue weighted by Gasteiger charge is 2.54. The first kappa shape index (κ1) is 13.1. The van der Waals surface area contributed by atoms with Crippen molar-refractivity contribution in [2.45, 2.75) is 53.1 Å². The van der Waals surface area contributed by atoms with Gasteiger partial charge >= 0.3 is 0 Å². The lowest BCUT2D eigenvalue weighted by molar-refractivity contribution is -0.120. The second kappa shape index (κ2) is 4.10. The predicted octanol–water partition coefficient (Wildman–Crippen LogP) is 2.75. The third kappa shape index (κ3) is 1.77.